The van der Waals surface area contributed by atoms with Crippen molar-refractivity contribution in [3.63, 3.8) is 0 Å². The average Bonchev–Trinajstić information content (AvgIpc) is 1.89. The number of rotatable bonds is 3. The monoisotopic (exact) mass is 179 g/mol. The number of carbonyl (C=O) groups is 1. The van der Waals surface area contributed by atoms with Crippen LogP contribution in [0.1, 0.15) is 0 Å². The normalized spacial score (nSPS) is 11.7. The van der Waals surface area contributed by atoms with Gasteiger partial charge in [-0.3, -0.25) is 0 Å². The van der Waals surface area contributed by atoms with Crippen molar-refractivity contribution in [2.24, 2.45) is 0 Å². The fraction of sp³-hybridized carbons (Fsp3) is 0.500. The predicted molar refractivity (Wildman–Crippen MR) is 39.9 cm³/mol. The summed E-state index contributed by atoms with van der Waals surface area (Å²) >= 11 is 3.74. The van der Waals surface area contributed by atoms with Crippen molar-refractivity contribution in [3.05, 3.63) is 0 Å². The van der Waals surface area contributed by atoms with Crippen LogP contribution in [0.3, 0.4) is 0 Å². The second kappa shape index (κ2) is 5.57. The van der Waals surface area contributed by atoms with Gasteiger partial charge in [0.15, 0.2) is 0 Å². The molecule has 0 radical (unpaired) electrons. The van der Waals surface area contributed by atoms with E-state index in [1.165, 1.54) is 0 Å². The number of hydrogen-bond acceptors (Lipinski definition) is 4. The van der Waals surface area contributed by atoms with E-state index in [0.29, 0.717) is 0 Å². The van der Waals surface area contributed by atoms with Crippen LogP contribution in [-0.2, 0) is 9.36 Å². The first-order chi connectivity index (χ1) is 4.72. The zero-order valence-corrected chi connectivity index (χ0v) is 6.73. The van der Waals surface area contributed by atoms with E-state index in [4.69, 9.17) is 5.11 Å². The van der Waals surface area contributed by atoms with Crippen LogP contribution >= 0.6 is 20.5 Å². The van der Waals surface area contributed by atoms with E-state index >= 15 is 0 Å². The number of hydrogen-bond donors (Lipinski definition) is 3. The summed E-state index contributed by atoms with van der Waals surface area (Å²) in [5, 5.41) is 10.6. The molecule has 10 heavy (non-hydrogen) atoms. The topological polar surface area (TPSA) is 66.4 Å². The molecule has 0 aromatic rings. The fourth-order valence-corrected chi connectivity index (χ4v) is 0.746. The molecule has 56 valence electrons. The standard InChI is InChI=1S/C4H6NO3PS/c6-4(7)3(1-10)5-2-9-8/h3,5,10H,1H2,(H,6,7)/t3-/m0/s1. The van der Waals surface area contributed by atoms with Crippen LogP contribution < -0.4 is 5.32 Å². The van der Waals surface area contributed by atoms with Gasteiger partial charge in [0.05, 0.1) is 0 Å². The molecule has 0 bridgehead atoms. The van der Waals surface area contributed by atoms with E-state index in [9.17, 15) is 9.36 Å². The molecule has 0 aliphatic carbocycles. The van der Waals surface area contributed by atoms with Crippen LogP contribution in [0.4, 0.5) is 0 Å². The molecule has 0 aliphatic heterocycles. The van der Waals surface area contributed by atoms with Crippen LogP contribution in [0.25, 0.3) is 0 Å². The summed E-state index contributed by atoms with van der Waals surface area (Å²) in [7, 11) is -0.354. The molecule has 0 saturated carbocycles. The maximum atomic E-state index is 10.2. The molecule has 2 N–H and O–H groups in total. The van der Waals surface area contributed by atoms with Gasteiger partial charge in [-0.1, -0.05) is 0 Å². The van der Waals surface area contributed by atoms with Gasteiger partial charge in [-0.05, 0) is 0 Å². The van der Waals surface area contributed by atoms with Crippen LogP contribution in [0.5, 0.6) is 0 Å². The van der Waals surface area contributed by atoms with E-state index in [-0.39, 0.29) is 13.7 Å². The summed E-state index contributed by atoms with van der Waals surface area (Å²) < 4.78 is 9.75. The number of carboxylic acid groups (broad SMARTS) is 1. The molecule has 0 heterocycles. The van der Waals surface area contributed by atoms with Gasteiger partial charge in [0, 0.05) is 0 Å². The molecular weight excluding hydrogens is 173 g/mol. The number of aliphatic carboxylic acids is 1. The van der Waals surface area contributed by atoms with Crippen LogP contribution in [0.2, 0.25) is 0 Å². The van der Waals surface area contributed by atoms with Crippen LogP contribution in [-0.4, -0.2) is 22.9 Å². The molecule has 0 amide bonds. The maximum absolute atomic E-state index is 10.2. The molecule has 0 aliphatic rings. The van der Waals surface area contributed by atoms with Gasteiger partial charge < -0.3 is 0 Å². The zero-order valence-electron chi connectivity index (χ0n) is 4.94. The molecule has 0 spiro atoms. The molecule has 4 nitrogen and oxygen atoms in total. The minimum atomic E-state index is -1.04. The molecule has 0 fully saturated rings. The summed E-state index contributed by atoms with van der Waals surface area (Å²) in [5.74, 6) is 1.22. The third kappa shape index (κ3) is 3.75. The van der Waals surface area contributed by atoms with Gasteiger partial charge >= 0.3 is 63.8 Å². The summed E-state index contributed by atoms with van der Waals surface area (Å²) in [6, 6.07) is -0.815. The summed E-state index contributed by atoms with van der Waals surface area (Å²) in [5.41, 5.74) is 0. The second-order valence-corrected chi connectivity index (χ2v) is 2.19. The molecule has 1 atom stereocenters. The van der Waals surface area contributed by atoms with Crippen molar-refractivity contribution in [1.82, 2.24) is 5.32 Å². The summed E-state index contributed by atoms with van der Waals surface area (Å²) in [4.78, 5) is 10.2. The van der Waals surface area contributed by atoms with E-state index in [1.54, 1.807) is 0 Å². The zero-order chi connectivity index (χ0) is 7.98. The van der Waals surface area contributed by atoms with Crippen molar-refractivity contribution in [3.8, 4) is 5.75 Å². The van der Waals surface area contributed by atoms with Crippen molar-refractivity contribution in [2.75, 3.05) is 5.75 Å². The second-order valence-electron chi connectivity index (χ2n) is 1.42. The Morgan fingerprint density at radius 2 is 2.50 bits per heavy atom. The van der Waals surface area contributed by atoms with E-state index < -0.39 is 12.0 Å². The van der Waals surface area contributed by atoms with E-state index in [2.05, 4.69) is 23.7 Å². The Morgan fingerprint density at radius 3 is 2.80 bits per heavy atom. The molecule has 0 rings (SSSR count). The number of thiol groups is 1. The third-order valence-electron chi connectivity index (χ3n) is 0.765. The quantitative estimate of drug-likeness (QED) is 0.328. The first kappa shape index (κ1) is 9.79. The van der Waals surface area contributed by atoms with Crippen molar-refractivity contribution >= 4 is 26.5 Å². The molecule has 0 unspecified atom stereocenters. The Bertz CT molecular complexity index is 212. The van der Waals surface area contributed by atoms with Gasteiger partial charge in [0.1, 0.15) is 0 Å². The first-order valence-corrected chi connectivity index (χ1v) is 3.83. The van der Waals surface area contributed by atoms with E-state index in [0.717, 1.165) is 0 Å². The van der Waals surface area contributed by atoms with Crippen molar-refractivity contribution in [1.29, 1.82) is 0 Å². The van der Waals surface area contributed by atoms with Crippen LogP contribution in [0, 0.1) is 5.75 Å². The Balaban J connectivity index is 3.91. The van der Waals surface area contributed by atoms with Gasteiger partial charge in [-0.25, -0.2) is 0 Å². The SMILES string of the molecule is O=P#CN[C@@H](CS)C(=O)O. The van der Waals surface area contributed by atoms with Crippen molar-refractivity contribution < 1.29 is 14.5 Å². The first-order valence-electron chi connectivity index (χ1n) is 2.39. The minimum absolute atomic E-state index is 0.137. The molecule has 0 aromatic heterocycles. The number of nitrogens with one attached hydrogen (secondary N) is 1. The van der Waals surface area contributed by atoms with Gasteiger partial charge in [-0.15, -0.1) is 0 Å². The van der Waals surface area contributed by atoms with Gasteiger partial charge in [-0.2, -0.15) is 0 Å². The molecule has 0 aromatic carbocycles. The van der Waals surface area contributed by atoms with Gasteiger partial charge in [0.25, 0.3) is 0 Å². The van der Waals surface area contributed by atoms with Crippen LogP contribution in [0.15, 0.2) is 0 Å². The Hall–Kier alpha value is -0.210. The predicted octanol–water partition coefficient (Wildman–Crippen LogP) is 0.167. The fourth-order valence-electron chi connectivity index (χ4n) is 0.290. The Labute approximate surface area is 64.5 Å². The van der Waals surface area contributed by atoms with Crippen molar-refractivity contribution in [2.45, 2.75) is 6.04 Å². The summed E-state index contributed by atoms with van der Waals surface area (Å²) in [6.07, 6.45) is 0. The molecule has 6 heteroatoms. The summed E-state index contributed by atoms with van der Waals surface area (Å²) in [6.45, 7) is 0. The average molecular weight is 179 g/mol. The third-order valence-corrected chi connectivity index (χ3v) is 1.35. The Kier molecular flexibility index (Phi) is 5.45. The Morgan fingerprint density at radius 1 is 1.90 bits per heavy atom. The van der Waals surface area contributed by atoms with E-state index in [1.807, 2.05) is 0 Å². The molecular formula is C4H6NO3PS. The molecule has 0 saturated heterocycles. The van der Waals surface area contributed by atoms with Gasteiger partial charge in [0.2, 0.25) is 0 Å². The number of carboxylic acids is 1.